The van der Waals surface area contributed by atoms with Crippen LogP contribution in [0.1, 0.15) is 24.5 Å². The van der Waals surface area contributed by atoms with Gasteiger partial charge in [-0.3, -0.25) is 14.7 Å². The van der Waals surface area contributed by atoms with Crippen molar-refractivity contribution in [3.63, 3.8) is 0 Å². The maximum Gasteiger partial charge on any atom is 0.321 e. The third-order valence-electron chi connectivity index (χ3n) is 4.39. The number of aliphatic carboxylic acids is 1. The zero-order chi connectivity index (χ0) is 17.9. The van der Waals surface area contributed by atoms with Gasteiger partial charge in [-0.1, -0.05) is 18.6 Å². The van der Waals surface area contributed by atoms with Crippen molar-refractivity contribution in [1.82, 2.24) is 4.90 Å². The molecule has 0 fully saturated rings. The SMILES string of the molecule is CC[C@H]([C@H]1CSC(c2cc(C)ccc2O)=N1)N(C)[C@H](CS)C(=O)O. The molecule has 0 bridgehead atoms. The number of aryl methyl sites for hydroxylation is 1. The van der Waals surface area contributed by atoms with Gasteiger partial charge in [0.2, 0.25) is 0 Å². The normalized spacial score (nSPS) is 20.0. The number of aromatic hydroxyl groups is 1. The van der Waals surface area contributed by atoms with Gasteiger partial charge in [0.25, 0.3) is 0 Å². The molecule has 3 atom stereocenters. The molecule has 0 amide bonds. The van der Waals surface area contributed by atoms with Crippen LogP contribution in [0.5, 0.6) is 5.75 Å². The van der Waals surface area contributed by atoms with E-state index in [-0.39, 0.29) is 23.6 Å². The zero-order valence-electron chi connectivity index (χ0n) is 14.1. The molecule has 132 valence electrons. The quantitative estimate of drug-likeness (QED) is 0.645. The van der Waals surface area contributed by atoms with Crippen LogP contribution < -0.4 is 0 Å². The molecule has 7 heteroatoms. The second-order valence-electron chi connectivity index (χ2n) is 6.01. The van der Waals surface area contributed by atoms with Crippen LogP contribution in [0.2, 0.25) is 0 Å². The van der Waals surface area contributed by atoms with Crippen LogP contribution in [0, 0.1) is 6.92 Å². The van der Waals surface area contributed by atoms with Crippen molar-refractivity contribution >= 4 is 35.4 Å². The fourth-order valence-electron chi connectivity index (χ4n) is 3.00. The van der Waals surface area contributed by atoms with Crippen molar-refractivity contribution < 1.29 is 15.0 Å². The van der Waals surface area contributed by atoms with Crippen LogP contribution in [0.4, 0.5) is 0 Å². The van der Waals surface area contributed by atoms with Gasteiger partial charge in [0.05, 0.1) is 6.04 Å². The molecule has 0 unspecified atom stereocenters. The molecule has 1 aliphatic rings. The molecule has 5 nitrogen and oxygen atoms in total. The first kappa shape index (κ1) is 19.1. The molecular formula is C17H24N2O3S2. The Morgan fingerprint density at radius 1 is 1.54 bits per heavy atom. The average molecular weight is 369 g/mol. The highest BCUT2D eigenvalue weighted by Gasteiger charge is 2.34. The van der Waals surface area contributed by atoms with Crippen LogP contribution >= 0.6 is 24.4 Å². The van der Waals surface area contributed by atoms with E-state index in [0.29, 0.717) is 0 Å². The van der Waals surface area contributed by atoms with Gasteiger partial charge in [-0.15, -0.1) is 11.8 Å². The zero-order valence-corrected chi connectivity index (χ0v) is 15.8. The number of aliphatic imine (C=N–C) groups is 1. The van der Waals surface area contributed by atoms with E-state index in [2.05, 4.69) is 12.6 Å². The lowest BCUT2D eigenvalue weighted by molar-refractivity contribution is -0.142. The van der Waals surface area contributed by atoms with Gasteiger partial charge in [-0.05, 0) is 32.5 Å². The first-order valence-corrected chi connectivity index (χ1v) is 9.57. The highest BCUT2D eigenvalue weighted by molar-refractivity contribution is 8.14. The van der Waals surface area contributed by atoms with Gasteiger partial charge in [0.1, 0.15) is 16.8 Å². The number of hydrogen-bond donors (Lipinski definition) is 3. The van der Waals surface area contributed by atoms with E-state index in [9.17, 15) is 15.0 Å². The Balaban J connectivity index is 2.24. The summed E-state index contributed by atoms with van der Waals surface area (Å²) < 4.78 is 0. The average Bonchev–Trinajstić information content (AvgIpc) is 3.00. The molecule has 0 radical (unpaired) electrons. The Labute approximate surface area is 152 Å². The van der Waals surface area contributed by atoms with E-state index in [1.165, 1.54) is 0 Å². The van der Waals surface area contributed by atoms with Crippen molar-refractivity contribution in [2.75, 3.05) is 18.6 Å². The number of carboxylic acid groups (broad SMARTS) is 1. The summed E-state index contributed by atoms with van der Waals surface area (Å²) in [5, 5.41) is 20.3. The standard InChI is InChI=1S/C17H24N2O3S2/c1-4-13(19(3)14(8-23)17(21)22)12-9-24-16(18-12)11-7-10(2)5-6-15(11)20/h5-7,12-14,20,23H,4,8-9H2,1-3H3,(H,21,22)/t12-,13-,14-/m1/s1. The van der Waals surface area contributed by atoms with Crippen molar-refractivity contribution in [1.29, 1.82) is 0 Å². The Hall–Kier alpha value is -1.18. The van der Waals surface area contributed by atoms with Crippen molar-refractivity contribution in [2.45, 2.75) is 38.4 Å². The highest BCUT2D eigenvalue weighted by Crippen LogP contribution is 2.32. The Morgan fingerprint density at radius 2 is 2.25 bits per heavy atom. The number of likely N-dealkylation sites (N-methyl/N-ethyl adjacent to an activating group) is 1. The summed E-state index contributed by atoms with van der Waals surface area (Å²) in [4.78, 5) is 18.1. The number of carbonyl (C=O) groups is 1. The monoisotopic (exact) mass is 368 g/mol. The number of thioether (sulfide) groups is 1. The van der Waals surface area contributed by atoms with Crippen molar-refractivity contribution in [3.05, 3.63) is 29.3 Å². The maximum absolute atomic E-state index is 11.4. The van der Waals surface area contributed by atoms with E-state index < -0.39 is 12.0 Å². The van der Waals surface area contributed by atoms with Crippen LogP contribution in [0.15, 0.2) is 23.2 Å². The lowest BCUT2D eigenvalue weighted by Crippen LogP contribution is -2.50. The fourth-order valence-corrected chi connectivity index (χ4v) is 4.57. The first-order valence-electron chi connectivity index (χ1n) is 7.95. The minimum atomic E-state index is -0.864. The van der Waals surface area contributed by atoms with Crippen molar-refractivity contribution in [2.24, 2.45) is 4.99 Å². The molecular weight excluding hydrogens is 344 g/mol. The summed E-state index contributed by atoms with van der Waals surface area (Å²) in [5.74, 6) is 0.409. The number of nitrogens with zero attached hydrogens (tertiary/aromatic N) is 2. The van der Waals surface area contributed by atoms with Crippen LogP contribution in [0.3, 0.4) is 0 Å². The minimum absolute atomic E-state index is 0.00152. The maximum atomic E-state index is 11.4. The number of phenolic OH excluding ortho intramolecular Hbond substituents is 1. The number of benzene rings is 1. The van der Waals surface area contributed by atoms with Gasteiger partial charge in [0.15, 0.2) is 0 Å². The molecule has 0 spiro atoms. The van der Waals surface area contributed by atoms with Gasteiger partial charge < -0.3 is 10.2 Å². The summed E-state index contributed by atoms with van der Waals surface area (Å²) in [6, 6.07) is 4.88. The van der Waals surface area contributed by atoms with Crippen LogP contribution in [-0.2, 0) is 4.79 Å². The number of phenols is 1. The third kappa shape index (κ3) is 4.07. The lowest BCUT2D eigenvalue weighted by Gasteiger charge is -2.33. The second kappa shape index (κ2) is 8.27. The summed E-state index contributed by atoms with van der Waals surface area (Å²) in [6.45, 7) is 4.02. The number of thiol groups is 1. The molecule has 2 rings (SSSR count). The molecule has 1 aliphatic heterocycles. The Morgan fingerprint density at radius 3 is 2.83 bits per heavy atom. The molecule has 0 aromatic heterocycles. The van der Waals surface area contributed by atoms with Crippen LogP contribution in [0.25, 0.3) is 0 Å². The molecule has 24 heavy (non-hydrogen) atoms. The predicted molar refractivity (Wildman–Crippen MR) is 103 cm³/mol. The van der Waals surface area contributed by atoms with E-state index >= 15 is 0 Å². The molecule has 1 heterocycles. The Kier molecular flexibility index (Phi) is 6.60. The summed E-state index contributed by atoms with van der Waals surface area (Å²) in [7, 11) is 1.82. The first-order chi connectivity index (χ1) is 11.4. The van der Waals surface area contributed by atoms with Gasteiger partial charge in [-0.2, -0.15) is 12.6 Å². The fraction of sp³-hybridized carbons (Fsp3) is 0.529. The lowest BCUT2D eigenvalue weighted by atomic mass is 10.0. The van der Waals surface area contributed by atoms with Gasteiger partial charge >= 0.3 is 5.97 Å². The molecule has 1 aromatic carbocycles. The molecule has 1 aromatic rings. The predicted octanol–water partition coefficient (Wildman–Crippen LogP) is 2.66. The van der Waals surface area contributed by atoms with Gasteiger partial charge in [0, 0.05) is 23.1 Å². The minimum Gasteiger partial charge on any atom is -0.507 e. The topological polar surface area (TPSA) is 73.1 Å². The third-order valence-corrected chi connectivity index (χ3v) is 5.84. The van der Waals surface area contributed by atoms with E-state index in [1.807, 2.05) is 37.9 Å². The summed E-state index contributed by atoms with van der Waals surface area (Å²) >= 11 is 5.79. The van der Waals surface area contributed by atoms with E-state index in [0.717, 1.165) is 28.3 Å². The van der Waals surface area contributed by atoms with Crippen molar-refractivity contribution in [3.8, 4) is 5.75 Å². The molecule has 0 aliphatic carbocycles. The molecule has 0 saturated carbocycles. The smallest absolute Gasteiger partial charge is 0.321 e. The van der Waals surface area contributed by atoms with Gasteiger partial charge in [-0.25, -0.2) is 0 Å². The largest absolute Gasteiger partial charge is 0.507 e. The van der Waals surface area contributed by atoms with E-state index in [4.69, 9.17) is 4.99 Å². The molecule has 0 saturated heterocycles. The second-order valence-corrected chi connectivity index (χ2v) is 7.38. The van der Waals surface area contributed by atoms with E-state index in [1.54, 1.807) is 17.8 Å². The highest BCUT2D eigenvalue weighted by atomic mass is 32.2. The summed E-state index contributed by atoms with van der Waals surface area (Å²) in [6.07, 6.45) is 0.801. The van der Waals surface area contributed by atoms with Crippen LogP contribution in [-0.4, -0.2) is 62.8 Å². The summed E-state index contributed by atoms with van der Waals surface area (Å²) in [5.41, 5.74) is 1.82. The molecule has 2 N–H and O–H groups in total. The number of carboxylic acids is 1. The number of rotatable bonds is 7. The number of hydrogen-bond acceptors (Lipinski definition) is 6. The Bertz CT molecular complexity index is 636.